The Morgan fingerprint density at radius 3 is 2.54 bits per heavy atom. The highest BCUT2D eigenvalue weighted by molar-refractivity contribution is 5.63. The van der Waals surface area contributed by atoms with Crippen LogP contribution in [0.4, 0.5) is 4.79 Å². The number of ether oxygens (including phenoxy) is 3. The summed E-state index contributed by atoms with van der Waals surface area (Å²) < 4.78 is 16.1. The average Bonchev–Trinajstić information content (AvgIpc) is 2.63. The van der Waals surface area contributed by atoms with Gasteiger partial charge in [-0.05, 0) is 17.7 Å². The number of hydrogen-bond donors (Lipinski definition) is 0. The van der Waals surface area contributed by atoms with E-state index in [0.717, 1.165) is 13.1 Å². The molecule has 1 unspecified atom stereocenters. The van der Waals surface area contributed by atoms with Crippen LogP contribution in [-0.4, -0.2) is 43.9 Å². The minimum Gasteiger partial charge on any atom is -0.433 e. The molecule has 5 heteroatoms. The fourth-order valence-electron chi connectivity index (χ4n) is 2.65. The molecule has 0 bridgehead atoms. The molecule has 1 fully saturated rings. The Bertz CT molecular complexity index is 632. The van der Waals surface area contributed by atoms with Gasteiger partial charge in [0.1, 0.15) is 12.4 Å². The molecule has 1 saturated heterocycles. The van der Waals surface area contributed by atoms with Crippen molar-refractivity contribution < 1.29 is 19.0 Å². The van der Waals surface area contributed by atoms with Crippen molar-refractivity contribution in [3.63, 3.8) is 0 Å². The van der Waals surface area contributed by atoms with Gasteiger partial charge < -0.3 is 14.2 Å². The summed E-state index contributed by atoms with van der Waals surface area (Å²) >= 11 is 0. The van der Waals surface area contributed by atoms with E-state index in [4.69, 9.17) is 14.2 Å². The van der Waals surface area contributed by atoms with Crippen LogP contribution in [-0.2, 0) is 9.47 Å². The molecular weight excluding hydrogens is 306 g/mol. The third kappa shape index (κ3) is 4.81. The second kappa shape index (κ2) is 8.47. The Balaban J connectivity index is 1.41. The summed E-state index contributed by atoms with van der Waals surface area (Å²) in [6.45, 7) is 3.26. The lowest BCUT2D eigenvalue weighted by Gasteiger charge is -2.32. The van der Waals surface area contributed by atoms with Crippen LogP contribution in [0.15, 0.2) is 60.7 Å². The van der Waals surface area contributed by atoms with Crippen molar-refractivity contribution in [3.8, 4) is 5.75 Å². The summed E-state index contributed by atoms with van der Waals surface area (Å²) in [5.41, 5.74) is 1.17. The number of benzene rings is 2. The van der Waals surface area contributed by atoms with Gasteiger partial charge >= 0.3 is 6.16 Å². The van der Waals surface area contributed by atoms with Gasteiger partial charge in [0.25, 0.3) is 0 Å². The van der Waals surface area contributed by atoms with E-state index in [-0.39, 0.29) is 6.10 Å². The monoisotopic (exact) mass is 327 g/mol. The summed E-state index contributed by atoms with van der Waals surface area (Å²) in [7, 11) is 0. The van der Waals surface area contributed by atoms with Crippen molar-refractivity contribution in [2.75, 3.05) is 32.8 Å². The van der Waals surface area contributed by atoms with Gasteiger partial charge in [0, 0.05) is 19.6 Å². The minimum atomic E-state index is -0.672. The SMILES string of the molecule is O=C(OCCN1CCOC(c2ccccc2)C1)Oc1ccccc1. The molecule has 0 amide bonds. The summed E-state index contributed by atoms with van der Waals surface area (Å²) in [5.74, 6) is 0.484. The molecule has 1 atom stereocenters. The van der Waals surface area contributed by atoms with Gasteiger partial charge in [0.15, 0.2) is 0 Å². The first-order valence-corrected chi connectivity index (χ1v) is 8.10. The van der Waals surface area contributed by atoms with E-state index in [9.17, 15) is 4.79 Å². The number of para-hydroxylation sites is 1. The van der Waals surface area contributed by atoms with Crippen LogP contribution < -0.4 is 4.74 Å². The molecule has 0 N–H and O–H groups in total. The van der Waals surface area contributed by atoms with Crippen LogP contribution in [0.1, 0.15) is 11.7 Å². The first-order valence-electron chi connectivity index (χ1n) is 8.10. The van der Waals surface area contributed by atoms with Crippen molar-refractivity contribution in [1.82, 2.24) is 4.90 Å². The fraction of sp³-hybridized carbons (Fsp3) is 0.316. The maximum absolute atomic E-state index is 11.7. The van der Waals surface area contributed by atoms with Crippen molar-refractivity contribution in [2.45, 2.75) is 6.10 Å². The number of rotatable bonds is 5. The van der Waals surface area contributed by atoms with Crippen molar-refractivity contribution in [1.29, 1.82) is 0 Å². The molecule has 1 heterocycles. The molecule has 126 valence electrons. The van der Waals surface area contributed by atoms with Gasteiger partial charge in [-0.15, -0.1) is 0 Å². The first kappa shape index (κ1) is 16.5. The van der Waals surface area contributed by atoms with Gasteiger partial charge in [-0.3, -0.25) is 4.90 Å². The number of nitrogens with zero attached hydrogens (tertiary/aromatic N) is 1. The quantitative estimate of drug-likeness (QED) is 0.623. The van der Waals surface area contributed by atoms with Crippen LogP contribution in [0, 0.1) is 0 Å². The van der Waals surface area contributed by atoms with E-state index < -0.39 is 6.16 Å². The zero-order valence-corrected chi connectivity index (χ0v) is 13.5. The maximum Gasteiger partial charge on any atom is 0.513 e. The second-order valence-electron chi connectivity index (χ2n) is 5.58. The van der Waals surface area contributed by atoms with Gasteiger partial charge in [-0.25, -0.2) is 4.79 Å². The minimum absolute atomic E-state index is 0.0659. The zero-order chi connectivity index (χ0) is 16.6. The van der Waals surface area contributed by atoms with Crippen molar-refractivity contribution in [3.05, 3.63) is 66.2 Å². The molecule has 24 heavy (non-hydrogen) atoms. The molecule has 1 aliphatic rings. The molecule has 2 aromatic carbocycles. The Kier molecular flexibility index (Phi) is 5.82. The predicted octanol–water partition coefficient (Wildman–Crippen LogP) is 3.28. The highest BCUT2D eigenvalue weighted by Gasteiger charge is 2.21. The number of hydrogen-bond acceptors (Lipinski definition) is 5. The van der Waals surface area contributed by atoms with Crippen LogP contribution in [0.2, 0.25) is 0 Å². The standard InChI is InChI=1S/C19H21NO4/c21-19(24-17-9-5-2-6-10-17)23-14-12-20-11-13-22-18(15-20)16-7-3-1-4-8-16/h1-10,18H,11-15H2. The molecule has 1 aliphatic heterocycles. The van der Waals surface area contributed by atoms with Crippen LogP contribution in [0.3, 0.4) is 0 Å². The van der Waals surface area contributed by atoms with E-state index in [2.05, 4.69) is 17.0 Å². The van der Waals surface area contributed by atoms with Gasteiger partial charge in [0.2, 0.25) is 0 Å². The Morgan fingerprint density at radius 2 is 1.79 bits per heavy atom. The van der Waals surface area contributed by atoms with Crippen molar-refractivity contribution >= 4 is 6.16 Å². The Labute approximate surface area is 141 Å². The number of carbonyl (C=O) groups is 1. The fourth-order valence-corrected chi connectivity index (χ4v) is 2.65. The Hall–Kier alpha value is -2.37. The lowest BCUT2D eigenvalue weighted by Crippen LogP contribution is -2.40. The summed E-state index contributed by atoms with van der Waals surface area (Å²) in [5, 5.41) is 0. The average molecular weight is 327 g/mol. The Morgan fingerprint density at radius 1 is 1.08 bits per heavy atom. The summed E-state index contributed by atoms with van der Waals surface area (Å²) in [4.78, 5) is 13.9. The van der Waals surface area contributed by atoms with Crippen LogP contribution >= 0.6 is 0 Å². The lowest BCUT2D eigenvalue weighted by molar-refractivity contribution is -0.0355. The zero-order valence-electron chi connectivity index (χ0n) is 13.5. The van der Waals surface area contributed by atoms with E-state index in [1.807, 2.05) is 24.3 Å². The smallest absolute Gasteiger partial charge is 0.433 e. The molecule has 5 nitrogen and oxygen atoms in total. The highest BCUT2D eigenvalue weighted by atomic mass is 16.7. The highest BCUT2D eigenvalue weighted by Crippen LogP contribution is 2.21. The van der Waals surface area contributed by atoms with Gasteiger partial charge in [-0.1, -0.05) is 48.5 Å². The van der Waals surface area contributed by atoms with Gasteiger partial charge in [-0.2, -0.15) is 0 Å². The molecule has 0 aliphatic carbocycles. The largest absolute Gasteiger partial charge is 0.513 e. The summed E-state index contributed by atoms with van der Waals surface area (Å²) in [6, 6.07) is 19.1. The summed E-state index contributed by atoms with van der Waals surface area (Å²) in [6.07, 6.45) is -0.606. The number of morpholine rings is 1. The van der Waals surface area contributed by atoms with E-state index >= 15 is 0 Å². The van der Waals surface area contributed by atoms with Crippen LogP contribution in [0.25, 0.3) is 0 Å². The molecular formula is C19H21NO4. The number of carbonyl (C=O) groups excluding carboxylic acids is 1. The third-order valence-corrected chi connectivity index (χ3v) is 3.89. The normalized spacial score (nSPS) is 18.1. The molecule has 2 aromatic rings. The van der Waals surface area contributed by atoms with Crippen molar-refractivity contribution in [2.24, 2.45) is 0 Å². The first-order chi connectivity index (χ1) is 11.8. The lowest BCUT2D eigenvalue weighted by atomic mass is 10.1. The molecule has 0 aromatic heterocycles. The van der Waals surface area contributed by atoms with E-state index in [1.54, 1.807) is 24.3 Å². The van der Waals surface area contributed by atoms with E-state index in [0.29, 0.717) is 25.5 Å². The van der Waals surface area contributed by atoms with Crippen LogP contribution in [0.5, 0.6) is 5.75 Å². The second-order valence-corrected chi connectivity index (χ2v) is 5.58. The van der Waals surface area contributed by atoms with E-state index in [1.165, 1.54) is 5.56 Å². The molecule has 0 spiro atoms. The third-order valence-electron chi connectivity index (χ3n) is 3.89. The predicted molar refractivity (Wildman–Crippen MR) is 90.0 cm³/mol. The molecule has 3 rings (SSSR count). The topological polar surface area (TPSA) is 48.0 Å². The molecule has 0 radical (unpaired) electrons. The maximum atomic E-state index is 11.7. The van der Waals surface area contributed by atoms with Gasteiger partial charge in [0.05, 0.1) is 12.7 Å². The molecule has 0 saturated carbocycles.